The highest BCUT2D eigenvalue weighted by Gasteiger charge is 2.22. The zero-order valence-corrected chi connectivity index (χ0v) is 10.1. The minimum absolute atomic E-state index is 0.00828. The van der Waals surface area contributed by atoms with Gasteiger partial charge in [0.15, 0.2) is 0 Å². The molecular formula is C10H18N2O3S. The molecule has 16 heavy (non-hydrogen) atoms. The molecule has 92 valence electrons. The van der Waals surface area contributed by atoms with E-state index in [1.54, 1.807) is 0 Å². The number of nitrogens with one attached hydrogen (secondary N) is 2. The fourth-order valence-electron chi connectivity index (χ4n) is 1.73. The van der Waals surface area contributed by atoms with Gasteiger partial charge in [-0.1, -0.05) is 0 Å². The van der Waals surface area contributed by atoms with Crippen molar-refractivity contribution >= 4 is 17.7 Å². The summed E-state index contributed by atoms with van der Waals surface area (Å²) >= 11 is 1.81. The molecule has 0 bridgehead atoms. The van der Waals surface area contributed by atoms with Crippen LogP contribution in [0.25, 0.3) is 0 Å². The number of hydrogen-bond donors (Lipinski definition) is 2. The molecule has 0 spiro atoms. The van der Waals surface area contributed by atoms with E-state index in [1.165, 1.54) is 0 Å². The molecule has 0 aromatic carbocycles. The summed E-state index contributed by atoms with van der Waals surface area (Å²) < 4.78 is 10.7. The summed E-state index contributed by atoms with van der Waals surface area (Å²) in [5, 5.41) is 6.10. The smallest absolute Gasteiger partial charge is 0.238 e. The number of carbonyl (C=O) groups excluding carboxylic acids is 1. The summed E-state index contributed by atoms with van der Waals surface area (Å²) in [5.74, 6) is 2.01. The second-order valence-electron chi connectivity index (χ2n) is 3.89. The van der Waals surface area contributed by atoms with E-state index in [-0.39, 0.29) is 18.1 Å². The van der Waals surface area contributed by atoms with E-state index in [4.69, 9.17) is 9.47 Å². The van der Waals surface area contributed by atoms with Gasteiger partial charge < -0.3 is 20.1 Å². The molecule has 2 aliphatic heterocycles. The summed E-state index contributed by atoms with van der Waals surface area (Å²) in [6.07, 6.45) is 0.00828. The quantitative estimate of drug-likeness (QED) is 0.684. The largest absolute Gasteiger partial charge is 0.376 e. The first-order valence-corrected chi connectivity index (χ1v) is 6.80. The van der Waals surface area contributed by atoms with Crippen molar-refractivity contribution in [2.75, 3.05) is 44.4 Å². The lowest BCUT2D eigenvalue weighted by Gasteiger charge is -2.26. The summed E-state index contributed by atoms with van der Waals surface area (Å²) in [5.41, 5.74) is 0. The van der Waals surface area contributed by atoms with E-state index in [0.29, 0.717) is 26.4 Å². The topological polar surface area (TPSA) is 59.6 Å². The van der Waals surface area contributed by atoms with Crippen LogP contribution in [0.15, 0.2) is 0 Å². The van der Waals surface area contributed by atoms with Crippen LogP contribution in [0.4, 0.5) is 0 Å². The average Bonchev–Trinajstić information content (AvgIpc) is 2.38. The molecule has 5 nitrogen and oxygen atoms in total. The van der Waals surface area contributed by atoms with E-state index >= 15 is 0 Å². The predicted octanol–water partition coefficient (Wildman–Crippen LogP) is -0.777. The maximum absolute atomic E-state index is 11.8. The Morgan fingerprint density at radius 3 is 3.12 bits per heavy atom. The second kappa shape index (κ2) is 6.44. The number of rotatable bonds is 3. The Balaban J connectivity index is 1.65. The lowest BCUT2D eigenvalue weighted by atomic mass is 10.3. The van der Waals surface area contributed by atoms with Gasteiger partial charge in [-0.05, 0) is 0 Å². The molecule has 6 heteroatoms. The molecule has 0 aromatic heterocycles. The molecule has 2 aliphatic rings. The van der Waals surface area contributed by atoms with Gasteiger partial charge >= 0.3 is 0 Å². The predicted molar refractivity (Wildman–Crippen MR) is 62.7 cm³/mol. The number of hydrogen-bond acceptors (Lipinski definition) is 5. The van der Waals surface area contributed by atoms with Crippen molar-refractivity contribution in [3.8, 4) is 0 Å². The van der Waals surface area contributed by atoms with Crippen molar-refractivity contribution < 1.29 is 14.3 Å². The average molecular weight is 246 g/mol. The highest BCUT2D eigenvalue weighted by atomic mass is 32.2. The van der Waals surface area contributed by atoms with Crippen LogP contribution in [-0.4, -0.2) is 62.5 Å². The molecule has 2 unspecified atom stereocenters. The third-order valence-corrected chi connectivity index (χ3v) is 3.69. The maximum atomic E-state index is 11.8. The number of ether oxygens (including phenoxy) is 2. The van der Waals surface area contributed by atoms with Gasteiger partial charge in [0.2, 0.25) is 5.91 Å². The normalized spacial score (nSPS) is 31.0. The van der Waals surface area contributed by atoms with Gasteiger partial charge in [-0.2, -0.15) is 11.8 Å². The number of amides is 1. The van der Waals surface area contributed by atoms with E-state index in [1.807, 2.05) is 11.8 Å². The van der Waals surface area contributed by atoms with E-state index < -0.39 is 0 Å². The second-order valence-corrected chi connectivity index (χ2v) is 5.04. The lowest BCUT2D eigenvalue weighted by Crippen LogP contribution is -2.51. The van der Waals surface area contributed by atoms with Crippen LogP contribution >= 0.6 is 11.8 Å². The molecule has 2 saturated heterocycles. The highest BCUT2D eigenvalue weighted by molar-refractivity contribution is 7.99. The van der Waals surface area contributed by atoms with Crippen LogP contribution in [-0.2, 0) is 14.3 Å². The Morgan fingerprint density at radius 2 is 2.44 bits per heavy atom. The molecule has 2 fully saturated rings. The van der Waals surface area contributed by atoms with Gasteiger partial charge in [0.1, 0.15) is 0 Å². The van der Waals surface area contributed by atoms with Crippen LogP contribution < -0.4 is 10.6 Å². The minimum Gasteiger partial charge on any atom is -0.376 e. The zero-order valence-electron chi connectivity index (χ0n) is 9.24. The van der Waals surface area contributed by atoms with E-state index in [0.717, 1.165) is 18.1 Å². The van der Waals surface area contributed by atoms with Crippen molar-refractivity contribution in [2.45, 2.75) is 12.1 Å². The number of thioether (sulfide) groups is 1. The highest BCUT2D eigenvalue weighted by Crippen LogP contribution is 2.07. The third kappa shape index (κ3) is 3.62. The van der Waals surface area contributed by atoms with Gasteiger partial charge in [-0.15, -0.1) is 0 Å². The Hall–Kier alpha value is -0.300. The first-order chi connectivity index (χ1) is 7.86. The molecule has 0 aromatic rings. The van der Waals surface area contributed by atoms with E-state index in [2.05, 4.69) is 10.6 Å². The lowest BCUT2D eigenvalue weighted by molar-refractivity contribution is -0.125. The van der Waals surface area contributed by atoms with Gasteiger partial charge in [0.05, 0.1) is 32.0 Å². The SMILES string of the molecule is O=C(NCC1COCCO1)C1CSCCN1. The van der Waals surface area contributed by atoms with Gasteiger partial charge in [0.25, 0.3) is 0 Å². The molecule has 2 rings (SSSR count). The number of carbonyl (C=O) groups is 1. The monoisotopic (exact) mass is 246 g/mol. The zero-order chi connectivity index (χ0) is 11.2. The maximum Gasteiger partial charge on any atom is 0.238 e. The van der Waals surface area contributed by atoms with Crippen LogP contribution in [0, 0.1) is 0 Å². The first-order valence-electron chi connectivity index (χ1n) is 5.64. The Morgan fingerprint density at radius 1 is 1.50 bits per heavy atom. The standard InChI is InChI=1S/C10H18N2O3S/c13-10(9-7-16-4-1-11-9)12-5-8-6-14-2-3-15-8/h8-9,11H,1-7H2,(H,12,13). The molecular weight excluding hydrogens is 228 g/mol. The summed E-state index contributed by atoms with van der Waals surface area (Å²) in [7, 11) is 0. The van der Waals surface area contributed by atoms with Crippen LogP contribution in [0.5, 0.6) is 0 Å². The van der Waals surface area contributed by atoms with Crippen molar-refractivity contribution in [1.82, 2.24) is 10.6 Å². The minimum atomic E-state index is -0.0525. The van der Waals surface area contributed by atoms with E-state index in [9.17, 15) is 4.79 Å². The Kier molecular flexibility index (Phi) is 4.90. The molecule has 2 N–H and O–H groups in total. The summed E-state index contributed by atoms with van der Waals surface area (Å²) in [6.45, 7) is 3.31. The van der Waals surface area contributed by atoms with Gasteiger partial charge in [0, 0.05) is 24.6 Å². The van der Waals surface area contributed by atoms with Crippen LogP contribution in [0.3, 0.4) is 0 Å². The Bertz CT molecular complexity index is 228. The summed E-state index contributed by atoms with van der Waals surface area (Å²) in [4.78, 5) is 11.8. The third-order valence-electron chi connectivity index (χ3n) is 2.63. The first kappa shape index (κ1) is 12.2. The van der Waals surface area contributed by atoms with Crippen LogP contribution in [0.2, 0.25) is 0 Å². The van der Waals surface area contributed by atoms with Gasteiger partial charge in [-0.25, -0.2) is 0 Å². The van der Waals surface area contributed by atoms with Crippen molar-refractivity contribution in [3.63, 3.8) is 0 Å². The van der Waals surface area contributed by atoms with Crippen LogP contribution in [0.1, 0.15) is 0 Å². The van der Waals surface area contributed by atoms with Crippen molar-refractivity contribution in [1.29, 1.82) is 0 Å². The van der Waals surface area contributed by atoms with Gasteiger partial charge in [-0.3, -0.25) is 4.79 Å². The molecule has 0 saturated carbocycles. The fraction of sp³-hybridized carbons (Fsp3) is 0.900. The molecule has 0 radical (unpaired) electrons. The van der Waals surface area contributed by atoms with Crippen molar-refractivity contribution in [3.05, 3.63) is 0 Å². The molecule has 1 amide bonds. The molecule has 2 atom stereocenters. The van der Waals surface area contributed by atoms with Crippen molar-refractivity contribution in [2.24, 2.45) is 0 Å². The molecule has 0 aliphatic carbocycles. The molecule has 2 heterocycles. The Labute approximate surface area is 99.6 Å². The summed E-state index contributed by atoms with van der Waals surface area (Å²) in [6, 6.07) is -0.0525. The fourth-order valence-corrected chi connectivity index (χ4v) is 2.66.